The quantitative estimate of drug-likeness (QED) is 0.767. The van der Waals surface area contributed by atoms with Crippen LogP contribution >= 0.6 is 27.3 Å². The molecule has 2 aromatic rings. The Morgan fingerprint density at radius 1 is 1.14 bits per heavy atom. The van der Waals surface area contributed by atoms with Gasteiger partial charge >= 0.3 is 0 Å². The lowest BCUT2D eigenvalue weighted by Crippen LogP contribution is -2.25. The zero-order valence-corrected chi connectivity index (χ0v) is 15.3. The average Bonchev–Trinajstić information content (AvgIpc) is 2.85. The van der Waals surface area contributed by atoms with Crippen molar-refractivity contribution in [1.29, 1.82) is 0 Å². The van der Waals surface area contributed by atoms with Gasteiger partial charge in [-0.05, 0) is 60.1 Å². The third-order valence-electron chi connectivity index (χ3n) is 3.56. The van der Waals surface area contributed by atoms with E-state index >= 15 is 0 Å². The van der Waals surface area contributed by atoms with Gasteiger partial charge in [-0.3, -0.25) is 4.90 Å². The highest BCUT2D eigenvalue weighted by molar-refractivity contribution is 9.11. The van der Waals surface area contributed by atoms with Crippen LogP contribution in [0.3, 0.4) is 0 Å². The molecule has 2 rings (SSSR count). The number of benzene rings is 1. The van der Waals surface area contributed by atoms with E-state index in [-0.39, 0.29) is 0 Å². The predicted molar refractivity (Wildman–Crippen MR) is 95.6 cm³/mol. The highest BCUT2D eigenvalue weighted by atomic mass is 79.9. The molecule has 0 radical (unpaired) electrons. The Hall–Kier alpha value is -0.680. The first-order chi connectivity index (χ1) is 10.0. The molecule has 0 amide bonds. The number of thiophene rings is 1. The van der Waals surface area contributed by atoms with Crippen molar-refractivity contribution in [2.24, 2.45) is 0 Å². The van der Waals surface area contributed by atoms with Gasteiger partial charge in [-0.2, -0.15) is 0 Å². The molecule has 114 valence electrons. The third kappa shape index (κ3) is 5.55. The van der Waals surface area contributed by atoms with Gasteiger partial charge in [-0.25, -0.2) is 0 Å². The topological polar surface area (TPSA) is 15.3 Å². The summed E-state index contributed by atoms with van der Waals surface area (Å²) in [5.74, 6) is 0. The van der Waals surface area contributed by atoms with Crippen molar-refractivity contribution in [2.75, 3.05) is 7.05 Å². The summed E-state index contributed by atoms with van der Waals surface area (Å²) in [4.78, 5) is 3.72. The maximum absolute atomic E-state index is 3.51. The lowest BCUT2D eigenvalue weighted by Gasteiger charge is -2.21. The molecule has 4 heteroatoms. The van der Waals surface area contributed by atoms with Crippen LogP contribution in [0.5, 0.6) is 0 Å². The van der Waals surface area contributed by atoms with E-state index in [9.17, 15) is 0 Å². The number of nitrogens with zero attached hydrogens (tertiary/aromatic N) is 1. The first-order valence-electron chi connectivity index (χ1n) is 7.27. The van der Waals surface area contributed by atoms with Crippen LogP contribution in [0.15, 0.2) is 40.2 Å². The Labute approximate surface area is 140 Å². The second-order valence-corrected chi connectivity index (χ2v) is 8.19. The van der Waals surface area contributed by atoms with Gasteiger partial charge in [0.25, 0.3) is 0 Å². The van der Waals surface area contributed by atoms with Crippen molar-refractivity contribution in [3.8, 4) is 0 Å². The summed E-state index contributed by atoms with van der Waals surface area (Å²) in [5, 5.41) is 3.51. The van der Waals surface area contributed by atoms with E-state index in [1.54, 1.807) is 11.3 Å². The smallest absolute Gasteiger partial charge is 0.0701 e. The molecule has 1 aromatic heterocycles. The van der Waals surface area contributed by atoms with E-state index in [0.717, 1.165) is 19.6 Å². The van der Waals surface area contributed by atoms with Crippen LogP contribution in [-0.4, -0.2) is 18.0 Å². The second-order valence-electron chi connectivity index (χ2n) is 5.64. The fraction of sp³-hybridized carbons (Fsp3) is 0.412. The Morgan fingerprint density at radius 2 is 1.90 bits per heavy atom. The van der Waals surface area contributed by atoms with Gasteiger partial charge in [0.1, 0.15) is 0 Å². The van der Waals surface area contributed by atoms with Crippen LogP contribution in [0, 0.1) is 0 Å². The summed E-state index contributed by atoms with van der Waals surface area (Å²) < 4.78 is 1.19. The van der Waals surface area contributed by atoms with Crippen molar-refractivity contribution >= 4 is 27.3 Å². The molecule has 2 nitrogen and oxygen atoms in total. The molecule has 0 aliphatic rings. The summed E-state index contributed by atoms with van der Waals surface area (Å²) >= 11 is 5.28. The van der Waals surface area contributed by atoms with E-state index in [1.165, 1.54) is 19.8 Å². The molecule has 21 heavy (non-hydrogen) atoms. The molecular weight excluding hydrogens is 344 g/mol. The molecule has 1 heterocycles. The number of nitrogens with one attached hydrogen (secondary N) is 1. The van der Waals surface area contributed by atoms with Crippen molar-refractivity contribution in [3.63, 3.8) is 0 Å². The average molecular weight is 367 g/mol. The fourth-order valence-corrected chi connectivity index (χ4v) is 3.54. The van der Waals surface area contributed by atoms with E-state index in [4.69, 9.17) is 0 Å². The minimum atomic E-state index is 0.573. The van der Waals surface area contributed by atoms with Crippen LogP contribution in [0.2, 0.25) is 0 Å². The normalized spacial score (nSPS) is 11.5. The lowest BCUT2D eigenvalue weighted by molar-refractivity contribution is 0.266. The van der Waals surface area contributed by atoms with E-state index in [1.807, 2.05) is 0 Å². The summed E-state index contributed by atoms with van der Waals surface area (Å²) in [6.07, 6.45) is 0. The standard InChI is InChI=1S/C17H23BrN2S/c1-13(2)20(3)12-15-6-4-5-14(9-15)10-19-11-16-7-8-17(18)21-16/h4-9,13,19H,10-12H2,1-3H3. The minimum absolute atomic E-state index is 0.573. The van der Waals surface area contributed by atoms with Gasteiger partial charge in [0, 0.05) is 30.6 Å². The maximum atomic E-state index is 3.51. The van der Waals surface area contributed by atoms with Crippen molar-refractivity contribution in [3.05, 3.63) is 56.2 Å². The molecule has 0 saturated carbocycles. The molecule has 0 aliphatic carbocycles. The molecule has 1 N–H and O–H groups in total. The second kappa shape index (κ2) is 8.08. The molecule has 0 bridgehead atoms. The van der Waals surface area contributed by atoms with Gasteiger partial charge in [-0.1, -0.05) is 24.3 Å². The van der Waals surface area contributed by atoms with Gasteiger partial charge in [0.05, 0.1) is 3.79 Å². The van der Waals surface area contributed by atoms with Gasteiger partial charge in [0.2, 0.25) is 0 Å². The molecular formula is C17H23BrN2S. The van der Waals surface area contributed by atoms with Crippen LogP contribution in [-0.2, 0) is 19.6 Å². The number of hydrogen-bond acceptors (Lipinski definition) is 3. The number of hydrogen-bond donors (Lipinski definition) is 1. The van der Waals surface area contributed by atoms with Crippen LogP contribution in [0.25, 0.3) is 0 Å². The Balaban J connectivity index is 1.86. The predicted octanol–water partition coefficient (Wildman–Crippen LogP) is 4.64. The molecule has 1 aromatic carbocycles. The van der Waals surface area contributed by atoms with Gasteiger partial charge in [0.15, 0.2) is 0 Å². The van der Waals surface area contributed by atoms with E-state index < -0.39 is 0 Å². The molecule has 0 aliphatic heterocycles. The van der Waals surface area contributed by atoms with Crippen molar-refractivity contribution in [1.82, 2.24) is 10.2 Å². The first-order valence-corrected chi connectivity index (χ1v) is 8.88. The maximum Gasteiger partial charge on any atom is 0.0701 e. The Kier molecular flexibility index (Phi) is 6.42. The summed E-state index contributed by atoms with van der Waals surface area (Å²) in [6, 6.07) is 13.7. The molecule has 0 unspecified atom stereocenters. The minimum Gasteiger partial charge on any atom is -0.308 e. The van der Waals surface area contributed by atoms with Gasteiger partial charge in [-0.15, -0.1) is 11.3 Å². The SMILES string of the molecule is CC(C)N(C)Cc1cccc(CNCc2ccc(Br)s2)c1. The van der Waals surface area contributed by atoms with E-state index in [0.29, 0.717) is 6.04 Å². The highest BCUT2D eigenvalue weighted by Crippen LogP contribution is 2.21. The Morgan fingerprint density at radius 3 is 2.57 bits per heavy atom. The molecule has 0 saturated heterocycles. The van der Waals surface area contributed by atoms with Crippen LogP contribution in [0.4, 0.5) is 0 Å². The van der Waals surface area contributed by atoms with Crippen molar-refractivity contribution < 1.29 is 0 Å². The number of halogens is 1. The first kappa shape index (κ1) is 16.7. The zero-order chi connectivity index (χ0) is 15.2. The largest absolute Gasteiger partial charge is 0.308 e. The molecule has 0 atom stereocenters. The van der Waals surface area contributed by atoms with Crippen LogP contribution < -0.4 is 5.32 Å². The summed E-state index contributed by atoms with van der Waals surface area (Å²) in [6.45, 7) is 7.29. The highest BCUT2D eigenvalue weighted by Gasteiger charge is 2.05. The molecule has 0 spiro atoms. The van der Waals surface area contributed by atoms with Gasteiger partial charge < -0.3 is 5.32 Å². The van der Waals surface area contributed by atoms with Crippen molar-refractivity contribution in [2.45, 2.75) is 39.5 Å². The molecule has 0 fully saturated rings. The fourth-order valence-electron chi connectivity index (χ4n) is 2.09. The van der Waals surface area contributed by atoms with Crippen LogP contribution in [0.1, 0.15) is 29.9 Å². The van der Waals surface area contributed by atoms with E-state index in [2.05, 4.69) is 83.4 Å². The summed E-state index contributed by atoms with van der Waals surface area (Å²) in [5.41, 5.74) is 2.73. The monoisotopic (exact) mass is 366 g/mol. The zero-order valence-electron chi connectivity index (χ0n) is 12.9. The third-order valence-corrected chi connectivity index (χ3v) is 5.19. The lowest BCUT2D eigenvalue weighted by atomic mass is 10.1. The Bertz CT molecular complexity index is 565. The summed E-state index contributed by atoms with van der Waals surface area (Å²) in [7, 11) is 2.17. The number of rotatable bonds is 7.